The molecule has 1 aromatic rings. The zero-order chi connectivity index (χ0) is 13.1. The maximum atomic E-state index is 8.56. The third-order valence-corrected chi connectivity index (χ3v) is 2.74. The van der Waals surface area contributed by atoms with Crippen LogP contribution >= 0.6 is 11.8 Å². The van der Waals surface area contributed by atoms with Crippen molar-refractivity contribution in [2.24, 2.45) is 4.99 Å². The number of amidine groups is 1. The molecule has 0 aliphatic heterocycles. The van der Waals surface area contributed by atoms with Gasteiger partial charge in [-0.15, -0.1) is 6.58 Å². The fraction of sp³-hybridized carbons (Fsp3) is 0.231. The van der Waals surface area contributed by atoms with Gasteiger partial charge < -0.3 is 4.74 Å². The van der Waals surface area contributed by atoms with Gasteiger partial charge in [-0.1, -0.05) is 36.0 Å². The molecule has 0 heterocycles. The SMILES string of the molecule is C=CCN=C(NC#N)SCCOc1ccccc1. The number of rotatable bonds is 6. The predicted molar refractivity (Wildman–Crippen MR) is 75.6 cm³/mol. The van der Waals surface area contributed by atoms with Gasteiger partial charge in [-0.3, -0.25) is 10.3 Å². The number of thioether (sulfide) groups is 1. The number of nitrogens with zero attached hydrogens (tertiary/aromatic N) is 2. The highest BCUT2D eigenvalue weighted by atomic mass is 32.2. The van der Waals surface area contributed by atoms with E-state index >= 15 is 0 Å². The van der Waals surface area contributed by atoms with Gasteiger partial charge in [-0.2, -0.15) is 5.26 Å². The molecule has 0 aromatic heterocycles. The zero-order valence-electron chi connectivity index (χ0n) is 10.0. The minimum atomic E-state index is 0.497. The van der Waals surface area contributed by atoms with Crippen LogP contribution in [0.4, 0.5) is 0 Å². The van der Waals surface area contributed by atoms with E-state index in [0.29, 0.717) is 18.3 Å². The molecule has 4 nitrogen and oxygen atoms in total. The summed E-state index contributed by atoms with van der Waals surface area (Å²) < 4.78 is 5.53. The summed E-state index contributed by atoms with van der Waals surface area (Å²) in [6.07, 6.45) is 3.54. The highest BCUT2D eigenvalue weighted by molar-refractivity contribution is 8.13. The van der Waals surface area contributed by atoms with Crippen molar-refractivity contribution in [3.8, 4) is 11.9 Å². The van der Waals surface area contributed by atoms with Crippen molar-refractivity contribution in [3.05, 3.63) is 43.0 Å². The number of hydrogen-bond donors (Lipinski definition) is 1. The number of aliphatic imine (C=N–C) groups is 1. The molecule has 0 saturated carbocycles. The van der Waals surface area contributed by atoms with Crippen LogP contribution in [0.25, 0.3) is 0 Å². The topological polar surface area (TPSA) is 57.4 Å². The molecule has 18 heavy (non-hydrogen) atoms. The molecule has 0 aliphatic carbocycles. The molecule has 1 rings (SSSR count). The van der Waals surface area contributed by atoms with Crippen molar-refractivity contribution in [1.29, 1.82) is 5.26 Å². The van der Waals surface area contributed by atoms with E-state index in [1.165, 1.54) is 11.8 Å². The Morgan fingerprint density at radius 3 is 2.94 bits per heavy atom. The molecule has 0 spiro atoms. The summed E-state index contributed by atoms with van der Waals surface area (Å²) in [7, 11) is 0. The minimum absolute atomic E-state index is 0.497. The van der Waals surface area contributed by atoms with Crippen LogP contribution in [0.5, 0.6) is 5.75 Å². The Labute approximate surface area is 111 Å². The van der Waals surface area contributed by atoms with E-state index in [-0.39, 0.29) is 0 Å². The van der Waals surface area contributed by atoms with E-state index in [4.69, 9.17) is 10.00 Å². The Bertz CT molecular complexity index is 426. The molecular formula is C13H15N3OS. The van der Waals surface area contributed by atoms with Gasteiger partial charge in [0.15, 0.2) is 11.4 Å². The van der Waals surface area contributed by atoms with Crippen molar-refractivity contribution < 1.29 is 4.74 Å². The third kappa shape index (κ3) is 5.97. The van der Waals surface area contributed by atoms with E-state index in [1.54, 1.807) is 6.08 Å². The molecule has 0 radical (unpaired) electrons. The average Bonchev–Trinajstić information content (AvgIpc) is 2.42. The first-order valence-electron chi connectivity index (χ1n) is 5.48. The predicted octanol–water partition coefficient (Wildman–Crippen LogP) is 2.41. The second kappa shape index (κ2) is 9.14. The van der Waals surface area contributed by atoms with Crippen molar-refractivity contribution in [2.75, 3.05) is 18.9 Å². The Morgan fingerprint density at radius 1 is 1.50 bits per heavy atom. The minimum Gasteiger partial charge on any atom is -0.493 e. The van der Waals surface area contributed by atoms with E-state index in [9.17, 15) is 0 Å². The van der Waals surface area contributed by atoms with Crippen molar-refractivity contribution in [3.63, 3.8) is 0 Å². The summed E-state index contributed by atoms with van der Waals surface area (Å²) in [5, 5.41) is 11.7. The monoisotopic (exact) mass is 261 g/mol. The van der Waals surface area contributed by atoms with Crippen molar-refractivity contribution in [1.82, 2.24) is 5.32 Å². The smallest absolute Gasteiger partial charge is 0.183 e. The van der Waals surface area contributed by atoms with Crippen LogP contribution < -0.4 is 10.1 Å². The number of ether oxygens (including phenoxy) is 1. The van der Waals surface area contributed by atoms with Crippen LogP contribution in [0.2, 0.25) is 0 Å². The molecule has 1 aromatic carbocycles. The average molecular weight is 261 g/mol. The maximum Gasteiger partial charge on any atom is 0.183 e. The summed E-state index contributed by atoms with van der Waals surface area (Å²) in [5.74, 6) is 1.57. The highest BCUT2D eigenvalue weighted by Crippen LogP contribution is 2.09. The third-order valence-electron chi connectivity index (χ3n) is 1.86. The Kier molecular flexibility index (Phi) is 7.17. The highest BCUT2D eigenvalue weighted by Gasteiger charge is 1.99. The molecule has 0 amide bonds. The molecule has 0 aliphatic rings. The second-order valence-electron chi connectivity index (χ2n) is 3.18. The fourth-order valence-corrected chi connectivity index (χ4v) is 1.77. The summed E-state index contributed by atoms with van der Waals surface area (Å²) in [4.78, 5) is 4.15. The molecule has 94 valence electrons. The lowest BCUT2D eigenvalue weighted by molar-refractivity contribution is 0.344. The molecular weight excluding hydrogens is 246 g/mol. The van der Waals surface area contributed by atoms with E-state index in [1.807, 2.05) is 36.5 Å². The fourth-order valence-electron chi connectivity index (χ4n) is 1.13. The number of hydrogen-bond acceptors (Lipinski definition) is 4. The summed E-state index contributed by atoms with van der Waals surface area (Å²) in [6, 6.07) is 9.61. The lowest BCUT2D eigenvalue weighted by atomic mass is 10.3. The zero-order valence-corrected chi connectivity index (χ0v) is 10.8. The lowest BCUT2D eigenvalue weighted by Crippen LogP contribution is -2.16. The first-order chi connectivity index (χ1) is 8.86. The van der Waals surface area contributed by atoms with E-state index in [0.717, 1.165) is 11.5 Å². The van der Waals surface area contributed by atoms with Gasteiger partial charge in [0.1, 0.15) is 5.75 Å². The van der Waals surface area contributed by atoms with Crippen LogP contribution in [0.15, 0.2) is 48.0 Å². The first-order valence-corrected chi connectivity index (χ1v) is 6.46. The van der Waals surface area contributed by atoms with E-state index in [2.05, 4.69) is 16.9 Å². The van der Waals surface area contributed by atoms with Gasteiger partial charge >= 0.3 is 0 Å². The Morgan fingerprint density at radius 2 is 2.28 bits per heavy atom. The van der Waals surface area contributed by atoms with Crippen LogP contribution in [-0.2, 0) is 0 Å². The van der Waals surface area contributed by atoms with Gasteiger partial charge in [-0.05, 0) is 12.1 Å². The van der Waals surface area contributed by atoms with Crippen molar-refractivity contribution >= 4 is 16.9 Å². The lowest BCUT2D eigenvalue weighted by Gasteiger charge is -2.06. The van der Waals surface area contributed by atoms with Crippen LogP contribution in [0, 0.1) is 11.5 Å². The number of nitriles is 1. The number of nitrogens with one attached hydrogen (secondary N) is 1. The number of benzene rings is 1. The maximum absolute atomic E-state index is 8.56. The van der Waals surface area contributed by atoms with Gasteiger partial charge in [-0.25, -0.2) is 0 Å². The molecule has 0 saturated heterocycles. The number of para-hydroxylation sites is 1. The Balaban J connectivity index is 2.27. The summed E-state index contributed by atoms with van der Waals surface area (Å²) >= 11 is 1.45. The largest absolute Gasteiger partial charge is 0.493 e. The van der Waals surface area contributed by atoms with Gasteiger partial charge in [0, 0.05) is 5.75 Å². The summed E-state index contributed by atoms with van der Waals surface area (Å²) in [6.45, 7) is 4.64. The van der Waals surface area contributed by atoms with Crippen LogP contribution in [-0.4, -0.2) is 24.1 Å². The summed E-state index contributed by atoms with van der Waals surface area (Å²) in [5.41, 5.74) is 0. The van der Waals surface area contributed by atoms with Gasteiger partial charge in [0.25, 0.3) is 0 Å². The van der Waals surface area contributed by atoms with Gasteiger partial charge in [0.2, 0.25) is 0 Å². The molecule has 5 heteroatoms. The van der Waals surface area contributed by atoms with Crippen molar-refractivity contribution in [2.45, 2.75) is 0 Å². The van der Waals surface area contributed by atoms with Crippen LogP contribution in [0.3, 0.4) is 0 Å². The molecule has 1 N–H and O–H groups in total. The quantitative estimate of drug-likeness (QED) is 0.213. The standard InChI is InChI=1S/C13H15N3OS/c1-2-8-15-13(16-11-14)18-10-9-17-12-6-4-3-5-7-12/h2-7H,1,8-10H2,(H,15,16). The molecule has 0 bridgehead atoms. The molecule has 0 fully saturated rings. The second-order valence-corrected chi connectivity index (χ2v) is 4.26. The van der Waals surface area contributed by atoms with Gasteiger partial charge in [0.05, 0.1) is 13.2 Å². The van der Waals surface area contributed by atoms with Crippen LogP contribution in [0.1, 0.15) is 0 Å². The van der Waals surface area contributed by atoms with E-state index < -0.39 is 0 Å². The molecule has 0 atom stereocenters. The normalized spacial score (nSPS) is 10.5. The molecule has 0 unspecified atom stereocenters. The first kappa shape index (κ1) is 14.1. The Hall–Kier alpha value is -1.93.